The number of hydrogen-bond donors (Lipinski definition) is 0. The first-order valence-electron chi connectivity index (χ1n) is 3.93. The fraction of sp³-hybridized carbons (Fsp3) is 0.625. The number of carbonyl (C=O) groups is 1. The second-order valence-electron chi connectivity index (χ2n) is 3.47. The summed E-state index contributed by atoms with van der Waals surface area (Å²) >= 11 is 0. The highest BCUT2D eigenvalue weighted by molar-refractivity contribution is 6.00. The standard InChI is InChI=1S/C8H7F3O2/c9-8(10,11)7(13)6-4-1-3(4)2-5(6)12/h3-4,13H,1-2H2/p-1/b7-6-/t3-,4-/m1/s1. The average molecular weight is 191 g/mol. The first-order chi connectivity index (χ1) is 5.91. The summed E-state index contributed by atoms with van der Waals surface area (Å²) in [7, 11) is 0. The Morgan fingerprint density at radius 2 is 2.08 bits per heavy atom. The molecule has 72 valence electrons. The molecule has 0 spiro atoms. The van der Waals surface area contributed by atoms with Gasteiger partial charge >= 0.3 is 6.18 Å². The second kappa shape index (κ2) is 2.27. The lowest BCUT2D eigenvalue weighted by molar-refractivity contribution is -0.361. The Morgan fingerprint density at radius 1 is 1.46 bits per heavy atom. The third-order valence-corrected chi connectivity index (χ3v) is 2.54. The summed E-state index contributed by atoms with van der Waals surface area (Å²) in [5.41, 5.74) is -0.502. The van der Waals surface area contributed by atoms with Gasteiger partial charge in [-0.2, -0.15) is 13.2 Å². The number of allylic oxidation sites excluding steroid dienone is 2. The Kier molecular flexibility index (Phi) is 1.50. The Balaban J connectivity index is 2.37. The Bertz CT molecular complexity index is 303. The maximum absolute atomic E-state index is 11.9. The van der Waals surface area contributed by atoms with E-state index in [1.54, 1.807) is 0 Å². The van der Waals surface area contributed by atoms with Crippen molar-refractivity contribution in [3.8, 4) is 0 Å². The smallest absolute Gasteiger partial charge is 0.402 e. The van der Waals surface area contributed by atoms with Crippen molar-refractivity contribution in [3.05, 3.63) is 11.3 Å². The lowest BCUT2D eigenvalue weighted by Crippen LogP contribution is -2.27. The molecule has 2 rings (SSSR count). The number of fused-ring (bicyclic) bond motifs is 1. The highest BCUT2D eigenvalue weighted by Gasteiger charge is 2.51. The third-order valence-electron chi connectivity index (χ3n) is 2.54. The SMILES string of the molecule is O=C1C[C@H]2C[C@H]2/C1=C(/[O-])C(F)(F)F. The number of halogens is 3. The molecule has 0 aromatic heterocycles. The summed E-state index contributed by atoms with van der Waals surface area (Å²) in [6, 6.07) is 0. The van der Waals surface area contributed by atoms with Crippen molar-refractivity contribution in [3.63, 3.8) is 0 Å². The molecule has 2 nitrogen and oxygen atoms in total. The molecule has 0 aromatic rings. The van der Waals surface area contributed by atoms with E-state index in [1.807, 2.05) is 0 Å². The molecule has 0 heterocycles. The molecule has 0 aromatic carbocycles. The van der Waals surface area contributed by atoms with Gasteiger partial charge in [0, 0.05) is 6.42 Å². The molecule has 0 bridgehead atoms. The zero-order valence-electron chi connectivity index (χ0n) is 6.52. The topological polar surface area (TPSA) is 40.1 Å². The average Bonchev–Trinajstić information content (AvgIpc) is 2.61. The molecular weight excluding hydrogens is 185 g/mol. The van der Waals surface area contributed by atoms with Crippen LogP contribution in [-0.4, -0.2) is 12.0 Å². The number of ketones is 1. The molecule has 2 aliphatic rings. The lowest BCUT2D eigenvalue weighted by atomic mass is 10.1. The van der Waals surface area contributed by atoms with E-state index < -0.39 is 23.3 Å². The van der Waals surface area contributed by atoms with Crippen molar-refractivity contribution in [2.24, 2.45) is 11.8 Å². The highest BCUT2D eigenvalue weighted by Crippen LogP contribution is 2.54. The Labute approximate surface area is 72.0 Å². The minimum atomic E-state index is -4.89. The molecule has 0 saturated heterocycles. The molecule has 13 heavy (non-hydrogen) atoms. The molecule has 5 heteroatoms. The Hall–Kier alpha value is -1.00. The molecule has 0 amide bonds. The van der Waals surface area contributed by atoms with E-state index in [2.05, 4.69) is 0 Å². The molecule has 2 aliphatic carbocycles. The van der Waals surface area contributed by atoms with E-state index in [-0.39, 0.29) is 18.3 Å². The van der Waals surface area contributed by atoms with Crippen LogP contribution in [0.25, 0.3) is 0 Å². The van der Waals surface area contributed by atoms with Gasteiger partial charge in [-0.05, 0) is 29.6 Å². The van der Waals surface area contributed by atoms with Crippen LogP contribution in [0.5, 0.6) is 0 Å². The van der Waals surface area contributed by atoms with E-state index in [0.717, 1.165) is 0 Å². The van der Waals surface area contributed by atoms with E-state index in [0.29, 0.717) is 6.42 Å². The minimum Gasteiger partial charge on any atom is -0.869 e. The van der Waals surface area contributed by atoms with Gasteiger partial charge in [0.1, 0.15) is 0 Å². The van der Waals surface area contributed by atoms with Gasteiger partial charge < -0.3 is 5.11 Å². The van der Waals surface area contributed by atoms with Gasteiger partial charge in [-0.3, -0.25) is 4.79 Å². The van der Waals surface area contributed by atoms with Gasteiger partial charge in [0.15, 0.2) is 5.78 Å². The largest absolute Gasteiger partial charge is 0.869 e. The molecule has 0 aliphatic heterocycles. The zero-order chi connectivity index (χ0) is 9.80. The van der Waals surface area contributed by atoms with E-state index in [1.165, 1.54) is 0 Å². The van der Waals surface area contributed by atoms with Crippen LogP contribution in [-0.2, 0) is 4.79 Å². The van der Waals surface area contributed by atoms with Crippen LogP contribution in [0.3, 0.4) is 0 Å². The van der Waals surface area contributed by atoms with Gasteiger partial charge in [-0.15, -0.1) is 0 Å². The van der Waals surface area contributed by atoms with Gasteiger partial charge in [0.05, 0.1) is 0 Å². The van der Waals surface area contributed by atoms with Crippen LogP contribution in [0.1, 0.15) is 12.8 Å². The number of Topliss-reactive ketones (excluding diaryl/α,β-unsaturated/α-hetero) is 1. The van der Waals surface area contributed by atoms with E-state index in [4.69, 9.17) is 0 Å². The summed E-state index contributed by atoms with van der Waals surface area (Å²) in [4.78, 5) is 10.9. The molecule has 2 fully saturated rings. The van der Waals surface area contributed by atoms with Crippen molar-refractivity contribution < 1.29 is 23.1 Å². The maximum Gasteiger partial charge on any atom is 0.402 e. The number of carbonyl (C=O) groups excluding carboxylic acids is 1. The number of hydrogen-bond acceptors (Lipinski definition) is 2. The predicted octanol–water partition coefficient (Wildman–Crippen LogP) is 0.772. The first kappa shape index (κ1) is 8.59. The van der Waals surface area contributed by atoms with Crippen molar-refractivity contribution >= 4 is 5.78 Å². The summed E-state index contributed by atoms with van der Waals surface area (Å²) in [6.07, 6.45) is -4.19. The minimum absolute atomic E-state index is 0.0220. The molecular formula is C8H6F3O2-. The molecule has 2 saturated carbocycles. The van der Waals surface area contributed by atoms with Crippen LogP contribution in [0.15, 0.2) is 11.3 Å². The summed E-state index contributed by atoms with van der Waals surface area (Å²) in [5, 5.41) is 10.7. The monoisotopic (exact) mass is 191 g/mol. The third kappa shape index (κ3) is 1.22. The summed E-state index contributed by atoms with van der Waals surface area (Å²) in [5.74, 6) is -2.90. The summed E-state index contributed by atoms with van der Waals surface area (Å²) in [6.45, 7) is 0. The van der Waals surface area contributed by atoms with Crippen molar-refractivity contribution in [2.45, 2.75) is 19.0 Å². The lowest BCUT2D eigenvalue weighted by Gasteiger charge is -2.19. The van der Waals surface area contributed by atoms with Crippen molar-refractivity contribution in [1.82, 2.24) is 0 Å². The fourth-order valence-electron chi connectivity index (χ4n) is 1.83. The van der Waals surface area contributed by atoms with E-state index in [9.17, 15) is 23.1 Å². The highest BCUT2D eigenvalue weighted by atomic mass is 19.4. The normalized spacial score (nSPS) is 36.1. The molecule has 0 radical (unpaired) electrons. The second-order valence-corrected chi connectivity index (χ2v) is 3.47. The van der Waals surface area contributed by atoms with Gasteiger partial charge in [0.25, 0.3) is 0 Å². The van der Waals surface area contributed by atoms with Crippen LogP contribution in [0.2, 0.25) is 0 Å². The van der Waals surface area contributed by atoms with Gasteiger partial charge in [-0.25, -0.2) is 0 Å². The van der Waals surface area contributed by atoms with E-state index >= 15 is 0 Å². The van der Waals surface area contributed by atoms with Crippen molar-refractivity contribution in [2.75, 3.05) is 0 Å². The number of alkyl halides is 3. The fourth-order valence-corrected chi connectivity index (χ4v) is 1.83. The molecule has 0 N–H and O–H groups in total. The van der Waals surface area contributed by atoms with Gasteiger partial charge in [-0.1, -0.05) is 0 Å². The Morgan fingerprint density at radius 3 is 2.46 bits per heavy atom. The quantitative estimate of drug-likeness (QED) is 0.419. The first-order valence-corrected chi connectivity index (χ1v) is 3.93. The van der Waals surface area contributed by atoms with Crippen LogP contribution >= 0.6 is 0 Å². The number of rotatable bonds is 0. The molecule has 0 unspecified atom stereocenters. The van der Waals surface area contributed by atoms with Crippen molar-refractivity contribution in [1.29, 1.82) is 0 Å². The van der Waals surface area contributed by atoms with Crippen LogP contribution < -0.4 is 5.11 Å². The summed E-state index contributed by atoms with van der Waals surface area (Å²) < 4.78 is 35.8. The maximum atomic E-state index is 11.9. The van der Waals surface area contributed by atoms with Gasteiger partial charge in [0.2, 0.25) is 0 Å². The van der Waals surface area contributed by atoms with Crippen LogP contribution in [0.4, 0.5) is 13.2 Å². The zero-order valence-corrected chi connectivity index (χ0v) is 6.52. The predicted molar refractivity (Wildman–Crippen MR) is 34.3 cm³/mol. The van der Waals surface area contributed by atoms with Crippen LogP contribution in [0, 0.1) is 11.8 Å². The molecule has 2 atom stereocenters.